The van der Waals surface area contributed by atoms with Crippen LogP contribution in [0.4, 0.5) is 0 Å². The van der Waals surface area contributed by atoms with E-state index in [1.54, 1.807) is 6.07 Å². The summed E-state index contributed by atoms with van der Waals surface area (Å²) in [5.74, 6) is 0.363. The number of aromatic nitrogens is 2. The van der Waals surface area contributed by atoms with Gasteiger partial charge >= 0.3 is 0 Å². The molecule has 2 N–H and O–H groups in total. The van der Waals surface area contributed by atoms with Crippen LogP contribution >= 0.6 is 11.3 Å². The Labute approximate surface area is 119 Å². The first kappa shape index (κ1) is 13.2. The van der Waals surface area contributed by atoms with Crippen LogP contribution in [0.3, 0.4) is 0 Å². The van der Waals surface area contributed by atoms with E-state index in [0.29, 0.717) is 29.2 Å². The van der Waals surface area contributed by atoms with Crippen LogP contribution in [0.15, 0.2) is 32.9 Å². The van der Waals surface area contributed by atoms with Crippen molar-refractivity contribution in [2.24, 2.45) is 5.73 Å². The number of rotatable bonds is 3. The topological polar surface area (TPSA) is 99.1 Å². The van der Waals surface area contributed by atoms with Crippen LogP contribution in [0.5, 0.6) is 0 Å². The Balaban J connectivity index is 2.11. The third kappa shape index (κ3) is 2.33. The highest BCUT2D eigenvalue weighted by Crippen LogP contribution is 2.26. The standard InChI is InChI=1S/C12H11N3O3S2/c1-20(16,17)7-2-3-10-8(4-7)15-12(18-10)9-6-19-11(5-13)14-9/h2-4,6H,5,13H2,1H3. The molecule has 6 nitrogen and oxygen atoms in total. The van der Waals surface area contributed by atoms with E-state index >= 15 is 0 Å². The molecular formula is C12H11N3O3S2. The summed E-state index contributed by atoms with van der Waals surface area (Å²) in [5.41, 5.74) is 7.13. The maximum atomic E-state index is 11.5. The van der Waals surface area contributed by atoms with Crippen molar-refractivity contribution in [3.8, 4) is 11.6 Å². The van der Waals surface area contributed by atoms with E-state index in [1.807, 2.05) is 5.38 Å². The van der Waals surface area contributed by atoms with E-state index in [9.17, 15) is 8.42 Å². The minimum atomic E-state index is -3.26. The van der Waals surface area contributed by atoms with Gasteiger partial charge in [0.05, 0.1) is 4.90 Å². The highest BCUT2D eigenvalue weighted by Gasteiger charge is 2.14. The molecule has 2 heterocycles. The summed E-state index contributed by atoms with van der Waals surface area (Å²) in [4.78, 5) is 8.78. The molecule has 0 radical (unpaired) electrons. The minimum Gasteiger partial charge on any atom is -0.435 e. The fourth-order valence-electron chi connectivity index (χ4n) is 1.75. The van der Waals surface area contributed by atoms with Gasteiger partial charge in [0.1, 0.15) is 16.2 Å². The van der Waals surface area contributed by atoms with Crippen molar-refractivity contribution in [2.75, 3.05) is 6.26 Å². The second kappa shape index (κ2) is 4.65. The molecule has 0 spiro atoms. The van der Waals surface area contributed by atoms with Gasteiger partial charge in [-0.15, -0.1) is 11.3 Å². The van der Waals surface area contributed by atoms with Gasteiger partial charge in [0.2, 0.25) is 5.89 Å². The van der Waals surface area contributed by atoms with Crippen molar-refractivity contribution < 1.29 is 12.8 Å². The number of oxazole rings is 1. The SMILES string of the molecule is CS(=O)(=O)c1ccc2oc(-c3csc(CN)n3)nc2c1. The fourth-order valence-corrected chi connectivity index (χ4v) is 3.04. The molecule has 3 aromatic rings. The van der Waals surface area contributed by atoms with Crippen molar-refractivity contribution in [3.05, 3.63) is 28.6 Å². The van der Waals surface area contributed by atoms with Gasteiger partial charge in [0.15, 0.2) is 15.4 Å². The van der Waals surface area contributed by atoms with Crippen molar-refractivity contribution >= 4 is 32.3 Å². The Bertz CT molecular complexity index is 880. The molecular weight excluding hydrogens is 298 g/mol. The molecule has 0 unspecified atom stereocenters. The highest BCUT2D eigenvalue weighted by atomic mass is 32.2. The number of benzene rings is 1. The van der Waals surface area contributed by atoms with E-state index < -0.39 is 9.84 Å². The predicted molar refractivity (Wildman–Crippen MR) is 76.1 cm³/mol. The number of nitrogens with two attached hydrogens (primary N) is 1. The third-order valence-corrected chi connectivity index (χ3v) is 4.71. The van der Waals surface area contributed by atoms with Gasteiger partial charge in [-0.3, -0.25) is 0 Å². The predicted octanol–water partition coefficient (Wildman–Crippen LogP) is 1.81. The van der Waals surface area contributed by atoms with Crippen molar-refractivity contribution in [3.63, 3.8) is 0 Å². The summed E-state index contributed by atoms with van der Waals surface area (Å²) in [6.45, 7) is 0.364. The number of hydrogen-bond donors (Lipinski definition) is 1. The fraction of sp³-hybridized carbons (Fsp3) is 0.167. The zero-order valence-corrected chi connectivity index (χ0v) is 12.2. The molecule has 0 saturated carbocycles. The lowest BCUT2D eigenvalue weighted by Crippen LogP contribution is -1.96. The molecule has 20 heavy (non-hydrogen) atoms. The number of fused-ring (bicyclic) bond motifs is 1. The van der Waals surface area contributed by atoms with Gasteiger partial charge in [-0.2, -0.15) is 0 Å². The average molecular weight is 309 g/mol. The third-order valence-electron chi connectivity index (χ3n) is 2.73. The van der Waals surface area contributed by atoms with E-state index in [4.69, 9.17) is 10.2 Å². The van der Waals surface area contributed by atoms with Crippen molar-refractivity contribution in [1.29, 1.82) is 0 Å². The van der Waals surface area contributed by atoms with Crippen LogP contribution in [-0.4, -0.2) is 24.6 Å². The van der Waals surface area contributed by atoms with Gasteiger partial charge in [-0.1, -0.05) is 0 Å². The van der Waals surface area contributed by atoms with Crippen LogP contribution < -0.4 is 5.73 Å². The summed E-state index contributed by atoms with van der Waals surface area (Å²) in [6.07, 6.45) is 1.16. The monoisotopic (exact) mass is 309 g/mol. The lowest BCUT2D eigenvalue weighted by Gasteiger charge is -1.95. The summed E-state index contributed by atoms with van der Waals surface area (Å²) < 4.78 is 28.6. The molecule has 3 rings (SSSR count). The Kier molecular flexibility index (Phi) is 3.08. The second-order valence-corrected chi connectivity index (χ2v) is 7.21. The largest absolute Gasteiger partial charge is 0.435 e. The lowest BCUT2D eigenvalue weighted by molar-refractivity contribution is 0.602. The maximum Gasteiger partial charge on any atom is 0.247 e. The van der Waals surface area contributed by atoms with Crippen LogP contribution in [0, 0.1) is 0 Å². The molecule has 1 aromatic carbocycles. The molecule has 0 amide bonds. The van der Waals surface area contributed by atoms with Gasteiger partial charge < -0.3 is 10.2 Å². The first-order valence-corrected chi connectivity index (χ1v) is 8.50. The Morgan fingerprint density at radius 2 is 2.15 bits per heavy atom. The molecule has 8 heteroatoms. The van der Waals surface area contributed by atoms with Crippen LogP contribution in [-0.2, 0) is 16.4 Å². The number of thiazole rings is 1. The second-order valence-electron chi connectivity index (χ2n) is 4.25. The van der Waals surface area contributed by atoms with E-state index in [2.05, 4.69) is 9.97 Å². The first-order chi connectivity index (χ1) is 9.47. The zero-order chi connectivity index (χ0) is 14.3. The molecule has 0 aliphatic rings. The van der Waals surface area contributed by atoms with E-state index in [-0.39, 0.29) is 4.90 Å². The van der Waals surface area contributed by atoms with Crippen LogP contribution in [0.2, 0.25) is 0 Å². The Hall–Kier alpha value is -1.77. The molecule has 0 aliphatic carbocycles. The summed E-state index contributed by atoms with van der Waals surface area (Å²) in [7, 11) is -3.26. The Morgan fingerprint density at radius 1 is 1.35 bits per heavy atom. The summed E-state index contributed by atoms with van der Waals surface area (Å²) in [5, 5.41) is 2.60. The van der Waals surface area contributed by atoms with Gasteiger partial charge in [-0.05, 0) is 18.2 Å². The molecule has 104 valence electrons. The highest BCUT2D eigenvalue weighted by molar-refractivity contribution is 7.90. The summed E-state index contributed by atoms with van der Waals surface area (Å²) >= 11 is 1.43. The van der Waals surface area contributed by atoms with E-state index in [1.165, 1.54) is 23.5 Å². The molecule has 0 fully saturated rings. The van der Waals surface area contributed by atoms with Crippen molar-refractivity contribution in [1.82, 2.24) is 9.97 Å². The van der Waals surface area contributed by atoms with Gasteiger partial charge in [0.25, 0.3) is 0 Å². The van der Waals surface area contributed by atoms with Crippen LogP contribution in [0.25, 0.3) is 22.7 Å². The van der Waals surface area contributed by atoms with Gasteiger partial charge in [0, 0.05) is 18.2 Å². The van der Waals surface area contributed by atoms with Crippen LogP contribution in [0.1, 0.15) is 5.01 Å². The molecule has 0 bridgehead atoms. The first-order valence-electron chi connectivity index (χ1n) is 5.73. The smallest absolute Gasteiger partial charge is 0.247 e. The van der Waals surface area contributed by atoms with Gasteiger partial charge in [-0.25, -0.2) is 18.4 Å². The number of sulfone groups is 1. The Morgan fingerprint density at radius 3 is 2.80 bits per heavy atom. The average Bonchev–Trinajstić information content (AvgIpc) is 3.02. The molecule has 2 aromatic heterocycles. The maximum absolute atomic E-state index is 11.5. The molecule has 0 atom stereocenters. The summed E-state index contributed by atoms with van der Waals surface area (Å²) in [6, 6.07) is 4.59. The van der Waals surface area contributed by atoms with Crippen molar-refractivity contribution in [2.45, 2.75) is 11.4 Å². The van der Waals surface area contributed by atoms with E-state index in [0.717, 1.165) is 11.3 Å². The number of hydrogen-bond acceptors (Lipinski definition) is 7. The minimum absolute atomic E-state index is 0.214. The normalized spacial score (nSPS) is 12.1. The number of nitrogens with zero attached hydrogens (tertiary/aromatic N) is 2. The quantitative estimate of drug-likeness (QED) is 0.792. The zero-order valence-electron chi connectivity index (χ0n) is 10.5. The lowest BCUT2D eigenvalue weighted by atomic mass is 10.3. The molecule has 0 aliphatic heterocycles. The molecule has 0 saturated heterocycles.